The monoisotopic (exact) mass is 296 g/mol. The Morgan fingerprint density at radius 1 is 1.09 bits per heavy atom. The molecule has 0 unspecified atom stereocenters. The molecule has 0 saturated carbocycles. The van der Waals surface area contributed by atoms with Gasteiger partial charge in [0.05, 0.1) is 5.39 Å². The van der Waals surface area contributed by atoms with Gasteiger partial charge in [0.15, 0.2) is 5.69 Å². The van der Waals surface area contributed by atoms with Gasteiger partial charge in [0.2, 0.25) is 0 Å². The van der Waals surface area contributed by atoms with E-state index in [-0.39, 0.29) is 17.0 Å². The van der Waals surface area contributed by atoms with Gasteiger partial charge < -0.3 is 5.11 Å². The predicted molar refractivity (Wildman–Crippen MR) is 79.4 cm³/mol. The number of aromatic carboxylic acids is 1. The molecule has 0 aliphatic rings. The number of carbonyl (C=O) groups is 1. The van der Waals surface area contributed by atoms with Gasteiger partial charge in [0.25, 0.3) is 11.5 Å². The Morgan fingerprint density at radius 2 is 1.68 bits per heavy atom. The fourth-order valence-electron chi connectivity index (χ4n) is 2.29. The van der Waals surface area contributed by atoms with Crippen molar-refractivity contribution >= 4 is 16.7 Å². The second-order valence-corrected chi connectivity index (χ2v) is 4.87. The number of benzene rings is 1. The lowest BCUT2D eigenvalue weighted by Crippen LogP contribution is -2.26. The van der Waals surface area contributed by atoms with Crippen LogP contribution in [-0.2, 0) is 0 Å². The van der Waals surface area contributed by atoms with Crippen LogP contribution in [0.25, 0.3) is 16.7 Å². The summed E-state index contributed by atoms with van der Waals surface area (Å²) >= 11 is 0. The highest BCUT2D eigenvalue weighted by Gasteiger charge is 2.17. The average molecular weight is 296 g/mol. The van der Waals surface area contributed by atoms with E-state index in [1.807, 2.05) is 0 Å². The van der Waals surface area contributed by atoms with Crippen molar-refractivity contribution in [2.24, 2.45) is 0 Å². The molecule has 1 aromatic carbocycles. The largest absolute Gasteiger partial charge is 0.476 e. The molecule has 0 radical (unpaired) electrons. The summed E-state index contributed by atoms with van der Waals surface area (Å²) in [6.45, 7) is 3.53. The van der Waals surface area contributed by atoms with Crippen LogP contribution in [0.1, 0.15) is 21.9 Å². The van der Waals surface area contributed by atoms with Gasteiger partial charge in [0, 0.05) is 16.8 Å². The normalized spacial score (nSPS) is 10.8. The third kappa shape index (κ3) is 2.22. The molecule has 0 atom stereocenters. The summed E-state index contributed by atoms with van der Waals surface area (Å²) in [5.74, 6) is -1.15. The zero-order valence-corrected chi connectivity index (χ0v) is 11.9. The molecule has 0 aliphatic carbocycles. The smallest absolute Gasteiger partial charge is 0.357 e. The van der Waals surface area contributed by atoms with Gasteiger partial charge in [-0.2, -0.15) is 9.78 Å². The molecule has 0 amide bonds. The highest BCUT2D eigenvalue weighted by molar-refractivity contribution is 6.01. The maximum atomic E-state index is 12.6. The Balaban J connectivity index is 2.42. The van der Waals surface area contributed by atoms with E-state index in [2.05, 4.69) is 15.1 Å². The minimum absolute atomic E-state index is 0.0655. The van der Waals surface area contributed by atoms with Crippen molar-refractivity contribution in [1.29, 1.82) is 0 Å². The van der Waals surface area contributed by atoms with Crippen molar-refractivity contribution < 1.29 is 9.90 Å². The maximum absolute atomic E-state index is 12.6. The summed E-state index contributed by atoms with van der Waals surface area (Å²) in [6, 6.07) is 8.20. The van der Waals surface area contributed by atoms with Crippen LogP contribution in [0, 0.1) is 13.8 Å². The fourth-order valence-corrected chi connectivity index (χ4v) is 2.29. The molecule has 110 valence electrons. The van der Waals surface area contributed by atoms with Gasteiger partial charge in [-0.3, -0.25) is 4.79 Å². The lowest BCUT2D eigenvalue weighted by molar-refractivity contribution is 0.0691. The molecule has 22 heavy (non-hydrogen) atoms. The lowest BCUT2D eigenvalue weighted by Gasteiger charge is -2.08. The number of aromatic nitrogens is 4. The van der Waals surface area contributed by atoms with Gasteiger partial charge in [-0.15, -0.1) is 0 Å². The van der Waals surface area contributed by atoms with Gasteiger partial charge in [-0.05, 0) is 26.0 Å². The Labute approximate surface area is 124 Å². The van der Waals surface area contributed by atoms with Crippen LogP contribution >= 0.6 is 0 Å². The summed E-state index contributed by atoms with van der Waals surface area (Å²) in [7, 11) is 0. The zero-order valence-electron chi connectivity index (χ0n) is 11.9. The number of aryl methyl sites for hydroxylation is 2. The summed E-state index contributed by atoms with van der Waals surface area (Å²) in [4.78, 5) is 32.3. The van der Waals surface area contributed by atoms with Gasteiger partial charge in [-0.1, -0.05) is 18.2 Å². The summed E-state index contributed by atoms with van der Waals surface area (Å²) in [5, 5.41) is 13.8. The lowest BCUT2D eigenvalue weighted by atomic mass is 10.1. The molecular weight excluding hydrogens is 284 g/mol. The molecule has 3 rings (SSSR count). The average Bonchev–Trinajstić information content (AvgIpc) is 2.46. The number of fused-ring (bicyclic) bond motifs is 1. The molecule has 2 aromatic heterocycles. The van der Waals surface area contributed by atoms with E-state index in [0.29, 0.717) is 16.8 Å². The Morgan fingerprint density at radius 3 is 2.27 bits per heavy atom. The molecule has 0 spiro atoms. The van der Waals surface area contributed by atoms with E-state index < -0.39 is 11.5 Å². The zero-order chi connectivity index (χ0) is 15.9. The number of rotatable bonds is 2. The van der Waals surface area contributed by atoms with Crippen LogP contribution in [0.2, 0.25) is 0 Å². The standard InChI is InChI=1S/C15H12N4O3/c1-8-7-9(2)17-15(16-8)19-13(20)11-6-4-3-5-10(11)12(18-19)14(21)22/h3-7H,1-2H3,(H,21,22). The summed E-state index contributed by atoms with van der Waals surface area (Å²) in [5.41, 5.74) is 0.672. The SMILES string of the molecule is Cc1cc(C)nc(-n2nc(C(=O)O)c3ccccc3c2=O)n1. The van der Waals surface area contributed by atoms with Crippen LogP contribution in [0.3, 0.4) is 0 Å². The molecule has 0 saturated heterocycles. The molecule has 0 bridgehead atoms. The van der Waals surface area contributed by atoms with Crippen LogP contribution in [0.15, 0.2) is 35.1 Å². The first-order chi connectivity index (χ1) is 10.5. The number of hydrogen-bond acceptors (Lipinski definition) is 5. The van der Waals surface area contributed by atoms with Crippen molar-refractivity contribution in [3.8, 4) is 5.95 Å². The molecule has 7 nitrogen and oxygen atoms in total. The minimum Gasteiger partial charge on any atom is -0.476 e. The summed E-state index contributed by atoms with van der Waals surface area (Å²) in [6.07, 6.45) is 0. The van der Waals surface area contributed by atoms with Crippen LogP contribution < -0.4 is 5.56 Å². The Bertz CT molecular complexity index is 942. The first-order valence-corrected chi connectivity index (χ1v) is 6.55. The molecule has 2 heterocycles. The van der Waals surface area contributed by atoms with E-state index in [1.54, 1.807) is 44.2 Å². The highest BCUT2D eigenvalue weighted by Crippen LogP contribution is 2.14. The highest BCUT2D eigenvalue weighted by atomic mass is 16.4. The van der Waals surface area contributed by atoms with Gasteiger partial charge in [0.1, 0.15) is 0 Å². The number of carboxylic acid groups (broad SMARTS) is 1. The van der Waals surface area contributed by atoms with Crippen molar-refractivity contribution in [2.45, 2.75) is 13.8 Å². The molecule has 3 aromatic rings. The molecule has 7 heteroatoms. The minimum atomic E-state index is -1.21. The third-order valence-corrected chi connectivity index (χ3v) is 3.17. The van der Waals surface area contributed by atoms with E-state index in [9.17, 15) is 14.7 Å². The molecule has 1 N–H and O–H groups in total. The van der Waals surface area contributed by atoms with Crippen molar-refractivity contribution in [1.82, 2.24) is 19.7 Å². The van der Waals surface area contributed by atoms with E-state index in [4.69, 9.17) is 0 Å². The number of carboxylic acids is 1. The van der Waals surface area contributed by atoms with E-state index in [1.165, 1.54) is 0 Å². The Hall–Kier alpha value is -3.09. The fraction of sp³-hybridized carbons (Fsp3) is 0.133. The molecular formula is C15H12N4O3. The summed E-state index contributed by atoms with van der Waals surface area (Å²) < 4.78 is 0.936. The first kappa shape index (κ1) is 13.9. The predicted octanol–water partition coefficient (Wildman–Crippen LogP) is 1.49. The Kier molecular flexibility index (Phi) is 3.17. The van der Waals surface area contributed by atoms with E-state index >= 15 is 0 Å². The number of nitrogens with zero attached hydrogens (tertiary/aromatic N) is 4. The van der Waals surface area contributed by atoms with Crippen molar-refractivity contribution in [2.75, 3.05) is 0 Å². The topological polar surface area (TPSA) is 98.0 Å². The van der Waals surface area contributed by atoms with Crippen LogP contribution in [-0.4, -0.2) is 30.8 Å². The number of hydrogen-bond donors (Lipinski definition) is 1. The first-order valence-electron chi connectivity index (χ1n) is 6.55. The third-order valence-electron chi connectivity index (χ3n) is 3.17. The van der Waals surface area contributed by atoms with Crippen molar-refractivity contribution in [3.05, 3.63) is 57.8 Å². The second kappa shape index (κ2) is 5.03. The van der Waals surface area contributed by atoms with E-state index in [0.717, 1.165) is 4.68 Å². The van der Waals surface area contributed by atoms with Crippen LogP contribution in [0.5, 0.6) is 0 Å². The van der Waals surface area contributed by atoms with Gasteiger partial charge >= 0.3 is 5.97 Å². The maximum Gasteiger partial charge on any atom is 0.357 e. The van der Waals surface area contributed by atoms with Crippen molar-refractivity contribution in [3.63, 3.8) is 0 Å². The quantitative estimate of drug-likeness (QED) is 0.769. The van der Waals surface area contributed by atoms with Gasteiger partial charge in [-0.25, -0.2) is 14.8 Å². The second-order valence-electron chi connectivity index (χ2n) is 4.87. The molecule has 0 aliphatic heterocycles. The van der Waals surface area contributed by atoms with Crippen LogP contribution in [0.4, 0.5) is 0 Å². The molecule has 0 fully saturated rings.